The van der Waals surface area contributed by atoms with Crippen molar-refractivity contribution in [3.05, 3.63) is 54.1 Å². The zero-order valence-electron chi connectivity index (χ0n) is 17.0. The van der Waals surface area contributed by atoms with Crippen molar-refractivity contribution in [2.45, 2.75) is 64.0 Å². The lowest BCUT2D eigenvalue weighted by Gasteiger charge is -2.51. The molecule has 0 radical (unpaired) electrons. The molecule has 2 heterocycles. The van der Waals surface area contributed by atoms with Crippen molar-refractivity contribution in [1.29, 1.82) is 0 Å². The van der Waals surface area contributed by atoms with Crippen LogP contribution in [0.1, 0.15) is 58.4 Å². The Balaban J connectivity index is 1.54. The van der Waals surface area contributed by atoms with Gasteiger partial charge in [0.2, 0.25) is 0 Å². The number of ether oxygens (including phenoxy) is 1. The molecule has 3 heteroatoms. The zero-order valence-corrected chi connectivity index (χ0v) is 17.0. The van der Waals surface area contributed by atoms with E-state index in [0.29, 0.717) is 13.2 Å². The van der Waals surface area contributed by atoms with Gasteiger partial charge in [-0.2, -0.15) is 5.06 Å². The molecule has 0 spiro atoms. The lowest BCUT2D eigenvalue weighted by molar-refractivity contribution is -0.283. The molecule has 4 rings (SSSR count). The van der Waals surface area contributed by atoms with Gasteiger partial charge in [-0.05, 0) is 52.5 Å². The summed E-state index contributed by atoms with van der Waals surface area (Å²) in [5.41, 5.74) is 3.78. The summed E-state index contributed by atoms with van der Waals surface area (Å²) >= 11 is 0. The van der Waals surface area contributed by atoms with Crippen LogP contribution in [-0.4, -0.2) is 29.4 Å². The van der Waals surface area contributed by atoms with Crippen LogP contribution in [0.3, 0.4) is 0 Å². The summed E-state index contributed by atoms with van der Waals surface area (Å²) in [5.74, 6) is 1.30. The van der Waals surface area contributed by atoms with Gasteiger partial charge in [0.25, 0.3) is 0 Å². The van der Waals surface area contributed by atoms with Gasteiger partial charge in [-0.1, -0.05) is 48.5 Å². The molecule has 1 fully saturated rings. The van der Waals surface area contributed by atoms with E-state index >= 15 is 0 Å². The molecule has 2 aliphatic rings. The molecule has 2 aromatic carbocycles. The SMILES string of the molecule is CC1(C)CCCC(C)(C)N1OCC1COc2c(-c3ccccc3)cccc21. The Kier molecular flexibility index (Phi) is 4.77. The number of fused-ring (bicyclic) bond motifs is 1. The summed E-state index contributed by atoms with van der Waals surface area (Å²) in [7, 11) is 0. The highest BCUT2D eigenvalue weighted by Gasteiger charge is 2.43. The van der Waals surface area contributed by atoms with Gasteiger partial charge in [-0.15, -0.1) is 0 Å². The highest BCUT2D eigenvalue weighted by atomic mass is 16.7. The molecule has 1 atom stereocenters. The van der Waals surface area contributed by atoms with Gasteiger partial charge in [-0.3, -0.25) is 4.84 Å². The fourth-order valence-corrected chi connectivity index (χ4v) is 4.78. The number of nitrogens with zero attached hydrogens (tertiary/aromatic N) is 1. The molecule has 1 unspecified atom stereocenters. The molecule has 0 amide bonds. The Morgan fingerprint density at radius 3 is 2.37 bits per heavy atom. The third-order valence-electron chi connectivity index (χ3n) is 6.08. The Morgan fingerprint density at radius 2 is 1.67 bits per heavy atom. The lowest BCUT2D eigenvalue weighted by atomic mass is 9.82. The van der Waals surface area contributed by atoms with Gasteiger partial charge in [0.1, 0.15) is 5.75 Å². The van der Waals surface area contributed by atoms with Crippen LogP contribution in [0.4, 0.5) is 0 Å². The normalized spacial score (nSPS) is 23.6. The van der Waals surface area contributed by atoms with E-state index in [4.69, 9.17) is 9.57 Å². The van der Waals surface area contributed by atoms with E-state index in [1.807, 2.05) is 6.07 Å². The number of para-hydroxylation sites is 1. The predicted molar refractivity (Wildman–Crippen MR) is 110 cm³/mol. The summed E-state index contributed by atoms with van der Waals surface area (Å²) in [6, 6.07) is 17.0. The number of hydroxylamine groups is 2. The van der Waals surface area contributed by atoms with E-state index in [-0.39, 0.29) is 17.0 Å². The summed E-state index contributed by atoms with van der Waals surface area (Å²) in [6.45, 7) is 10.5. The molecule has 0 saturated carbocycles. The van der Waals surface area contributed by atoms with Crippen LogP contribution in [0.15, 0.2) is 48.5 Å². The van der Waals surface area contributed by atoms with Gasteiger partial charge in [0.15, 0.2) is 0 Å². The number of piperidine rings is 1. The third-order valence-corrected chi connectivity index (χ3v) is 6.08. The van der Waals surface area contributed by atoms with Crippen molar-refractivity contribution in [1.82, 2.24) is 5.06 Å². The summed E-state index contributed by atoms with van der Waals surface area (Å²) in [6.07, 6.45) is 3.61. The van der Waals surface area contributed by atoms with E-state index in [9.17, 15) is 0 Å². The Hall–Kier alpha value is -1.84. The van der Waals surface area contributed by atoms with Gasteiger partial charge in [0.05, 0.1) is 13.2 Å². The number of hydrogen-bond acceptors (Lipinski definition) is 3. The largest absolute Gasteiger partial charge is 0.492 e. The minimum absolute atomic E-state index is 0.0654. The molecule has 2 aromatic rings. The van der Waals surface area contributed by atoms with Gasteiger partial charge < -0.3 is 4.74 Å². The van der Waals surface area contributed by atoms with E-state index in [1.54, 1.807) is 0 Å². The van der Waals surface area contributed by atoms with Crippen LogP contribution in [0.5, 0.6) is 5.75 Å². The standard InChI is InChI=1S/C24H31NO2/c1-23(2)14-9-15-24(3,4)25(23)27-17-19-16-26-22-20(12-8-13-21(19)22)18-10-6-5-7-11-18/h5-8,10-13,19H,9,14-17H2,1-4H3. The Labute approximate surface area is 163 Å². The van der Waals surface area contributed by atoms with Gasteiger partial charge in [0, 0.05) is 28.1 Å². The predicted octanol–water partition coefficient (Wildman–Crippen LogP) is 5.80. The van der Waals surface area contributed by atoms with E-state index in [2.05, 4.69) is 75.2 Å². The van der Waals surface area contributed by atoms with E-state index in [0.717, 1.165) is 5.75 Å². The van der Waals surface area contributed by atoms with Crippen molar-refractivity contribution in [2.75, 3.05) is 13.2 Å². The molecule has 0 aromatic heterocycles. The van der Waals surface area contributed by atoms with Crippen molar-refractivity contribution < 1.29 is 9.57 Å². The minimum atomic E-state index is 0.0654. The second-order valence-corrected chi connectivity index (χ2v) is 9.17. The van der Waals surface area contributed by atoms with Crippen LogP contribution in [0.25, 0.3) is 11.1 Å². The van der Waals surface area contributed by atoms with Crippen LogP contribution >= 0.6 is 0 Å². The first-order chi connectivity index (χ1) is 12.9. The van der Waals surface area contributed by atoms with E-state index in [1.165, 1.54) is 36.0 Å². The lowest BCUT2D eigenvalue weighted by Crippen LogP contribution is -2.58. The highest BCUT2D eigenvalue weighted by molar-refractivity contribution is 5.73. The maximum absolute atomic E-state index is 6.45. The molecule has 2 aliphatic heterocycles. The summed E-state index contributed by atoms with van der Waals surface area (Å²) < 4.78 is 6.14. The van der Waals surface area contributed by atoms with Crippen LogP contribution in [0.2, 0.25) is 0 Å². The Morgan fingerprint density at radius 1 is 0.963 bits per heavy atom. The molecule has 0 bridgehead atoms. The van der Waals surface area contributed by atoms with Crippen LogP contribution in [0, 0.1) is 0 Å². The maximum atomic E-state index is 6.45. The first kappa shape index (κ1) is 18.5. The quantitative estimate of drug-likeness (QED) is 0.683. The zero-order chi connectivity index (χ0) is 19.1. The molecular weight excluding hydrogens is 334 g/mol. The molecule has 3 nitrogen and oxygen atoms in total. The molecule has 1 saturated heterocycles. The molecule has 0 aliphatic carbocycles. The number of rotatable bonds is 4. The smallest absolute Gasteiger partial charge is 0.130 e. The molecule has 0 N–H and O–H groups in total. The Bertz CT molecular complexity index is 781. The average Bonchev–Trinajstić information content (AvgIpc) is 3.04. The molecular formula is C24H31NO2. The topological polar surface area (TPSA) is 21.7 Å². The first-order valence-electron chi connectivity index (χ1n) is 10.1. The third kappa shape index (κ3) is 3.51. The first-order valence-corrected chi connectivity index (χ1v) is 10.1. The minimum Gasteiger partial charge on any atom is -0.492 e. The maximum Gasteiger partial charge on any atom is 0.130 e. The molecule has 144 valence electrons. The fraction of sp³-hybridized carbons (Fsp3) is 0.500. The number of hydrogen-bond donors (Lipinski definition) is 0. The molecule has 27 heavy (non-hydrogen) atoms. The second-order valence-electron chi connectivity index (χ2n) is 9.17. The van der Waals surface area contributed by atoms with E-state index < -0.39 is 0 Å². The van der Waals surface area contributed by atoms with Crippen molar-refractivity contribution in [2.24, 2.45) is 0 Å². The summed E-state index contributed by atoms with van der Waals surface area (Å²) in [4.78, 5) is 6.45. The summed E-state index contributed by atoms with van der Waals surface area (Å²) in [5, 5.41) is 2.25. The van der Waals surface area contributed by atoms with Crippen LogP contribution in [-0.2, 0) is 4.84 Å². The number of benzene rings is 2. The van der Waals surface area contributed by atoms with Crippen LogP contribution < -0.4 is 4.74 Å². The van der Waals surface area contributed by atoms with Gasteiger partial charge in [-0.25, -0.2) is 0 Å². The fourth-order valence-electron chi connectivity index (χ4n) is 4.78. The van der Waals surface area contributed by atoms with Crippen molar-refractivity contribution in [3.8, 4) is 16.9 Å². The van der Waals surface area contributed by atoms with Crippen molar-refractivity contribution >= 4 is 0 Å². The van der Waals surface area contributed by atoms with Crippen molar-refractivity contribution in [3.63, 3.8) is 0 Å². The average molecular weight is 366 g/mol. The second kappa shape index (κ2) is 6.96. The van der Waals surface area contributed by atoms with Gasteiger partial charge >= 0.3 is 0 Å². The monoisotopic (exact) mass is 365 g/mol. The highest BCUT2D eigenvalue weighted by Crippen LogP contribution is 2.43.